The molecule has 2 heterocycles. The zero-order chi connectivity index (χ0) is 20.5. The predicted octanol–water partition coefficient (Wildman–Crippen LogP) is 5.62. The highest BCUT2D eigenvalue weighted by Gasteiger charge is 2.23. The molecule has 0 fully saturated rings. The fourth-order valence-electron chi connectivity index (χ4n) is 3.38. The molecule has 150 valence electrons. The number of fused-ring (bicyclic) bond motifs is 2. The number of aryl methyl sites for hydroxylation is 1. The zero-order valence-corrected chi connectivity index (χ0v) is 19.0. The highest BCUT2D eigenvalue weighted by atomic mass is 32.2. The van der Waals surface area contributed by atoms with E-state index in [1.54, 1.807) is 37.3 Å². The van der Waals surface area contributed by atoms with Crippen molar-refractivity contribution in [2.75, 3.05) is 26.2 Å². The molecule has 1 aliphatic heterocycles. The molecule has 0 radical (unpaired) electrons. The Morgan fingerprint density at radius 3 is 2.55 bits per heavy atom. The topological polar surface area (TPSA) is 25.6 Å². The van der Waals surface area contributed by atoms with Crippen molar-refractivity contribution in [1.29, 1.82) is 0 Å². The number of methoxy groups -OCH3 is 2. The molecule has 1 aliphatic rings. The molecule has 0 atom stereocenters. The summed E-state index contributed by atoms with van der Waals surface area (Å²) in [4.78, 5) is 3.48. The first-order valence-corrected chi connectivity index (χ1v) is 11.2. The molecule has 1 aromatic heterocycles. The number of ether oxygens (including phenoxy) is 2. The number of hydrogen-bond donors (Lipinski definition) is 0. The van der Waals surface area contributed by atoms with Crippen LogP contribution in [0.4, 0.5) is 5.69 Å². The van der Waals surface area contributed by atoms with Gasteiger partial charge in [0.25, 0.3) is 5.01 Å². The second-order valence-corrected chi connectivity index (χ2v) is 9.01. The molecule has 2 aromatic carbocycles. The van der Waals surface area contributed by atoms with E-state index in [4.69, 9.17) is 9.47 Å². The number of thioether (sulfide) groups is 1. The highest BCUT2D eigenvalue weighted by Crippen LogP contribution is 2.47. The van der Waals surface area contributed by atoms with E-state index in [0.29, 0.717) is 0 Å². The third-order valence-electron chi connectivity index (χ3n) is 5.17. The van der Waals surface area contributed by atoms with Gasteiger partial charge in [-0.1, -0.05) is 30.0 Å². The molecular formula is C23H25N2O2S2+. The van der Waals surface area contributed by atoms with Gasteiger partial charge >= 0.3 is 0 Å². The maximum atomic E-state index is 5.38. The van der Waals surface area contributed by atoms with Gasteiger partial charge in [-0.2, -0.15) is 4.57 Å². The van der Waals surface area contributed by atoms with Gasteiger partial charge in [0.15, 0.2) is 0 Å². The number of allylic oxidation sites excluding steroid dienone is 2. The van der Waals surface area contributed by atoms with Crippen molar-refractivity contribution in [1.82, 2.24) is 0 Å². The number of aromatic nitrogens is 1. The summed E-state index contributed by atoms with van der Waals surface area (Å²) in [6.45, 7) is 2.20. The molecule has 0 saturated carbocycles. The Kier molecular flexibility index (Phi) is 5.56. The molecule has 0 unspecified atom stereocenters. The first-order valence-electron chi connectivity index (χ1n) is 9.52. The number of benzene rings is 2. The zero-order valence-electron chi connectivity index (χ0n) is 17.4. The number of thiazole rings is 1. The Balaban J connectivity index is 1.68. The average molecular weight is 426 g/mol. The summed E-state index contributed by atoms with van der Waals surface area (Å²) in [7, 11) is 7.66. The van der Waals surface area contributed by atoms with Crippen LogP contribution in [0.2, 0.25) is 0 Å². The lowest BCUT2D eigenvalue weighted by molar-refractivity contribution is -0.642. The molecular weight excluding hydrogens is 400 g/mol. The van der Waals surface area contributed by atoms with Gasteiger partial charge in [0.05, 0.1) is 24.9 Å². The van der Waals surface area contributed by atoms with Crippen LogP contribution in [0.25, 0.3) is 16.3 Å². The van der Waals surface area contributed by atoms with Crippen LogP contribution in [-0.2, 0) is 7.05 Å². The van der Waals surface area contributed by atoms with E-state index in [-0.39, 0.29) is 0 Å². The Bertz CT molecular complexity index is 1130. The van der Waals surface area contributed by atoms with Gasteiger partial charge in [-0.15, -0.1) is 0 Å². The van der Waals surface area contributed by atoms with Crippen LogP contribution < -0.4 is 18.9 Å². The van der Waals surface area contributed by atoms with Gasteiger partial charge in [-0.25, -0.2) is 0 Å². The summed E-state index contributed by atoms with van der Waals surface area (Å²) < 4.78 is 14.2. The Morgan fingerprint density at radius 2 is 1.83 bits per heavy atom. The van der Waals surface area contributed by atoms with Crippen molar-refractivity contribution in [3.05, 3.63) is 58.1 Å². The fraction of sp³-hybridized carbons (Fsp3) is 0.261. The van der Waals surface area contributed by atoms with Crippen LogP contribution in [0.3, 0.4) is 0 Å². The molecule has 4 rings (SSSR count). The lowest BCUT2D eigenvalue weighted by Gasteiger charge is -2.14. The van der Waals surface area contributed by atoms with Gasteiger partial charge in [-0.3, -0.25) is 0 Å². The quantitative estimate of drug-likeness (QED) is 0.496. The molecule has 0 spiro atoms. The first-order chi connectivity index (χ1) is 14.0. The first kappa shape index (κ1) is 19.9. The van der Waals surface area contributed by atoms with Gasteiger partial charge in [-0.05, 0) is 42.3 Å². The van der Waals surface area contributed by atoms with Crippen LogP contribution in [0.1, 0.15) is 18.4 Å². The number of hydrogen-bond acceptors (Lipinski definition) is 5. The van der Waals surface area contributed by atoms with E-state index in [1.807, 2.05) is 12.1 Å². The second-order valence-electron chi connectivity index (χ2n) is 6.88. The van der Waals surface area contributed by atoms with Crippen LogP contribution in [-0.4, -0.2) is 21.3 Å². The van der Waals surface area contributed by atoms with E-state index in [2.05, 4.69) is 66.9 Å². The van der Waals surface area contributed by atoms with Crippen molar-refractivity contribution in [2.24, 2.45) is 7.05 Å². The van der Waals surface area contributed by atoms with Crippen LogP contribution in [0, 0.1) is 0 Å². The minimum absolute atomic E-state index is 0.893. The number of nitrogens with zero attached hydrogens (tertiary/aromatic N) is 2. The maximum Gasteiger partial charge on any atom is 0.262 e. The standard InChI is InChI=1S/C23H25N2O2S2/c1-6-15(11-22-24(2)18-9-7-16(26-4)13-20(18)28-22)12-23-25(3)19-10-8-17(27-5)14-21(19)29-23/h7-14H,6H2,1-5H3/q+1. The molecule has 0 saturated heterocycles. The van der Waals surface area contributed by atoms with Crippen LogP contribution in [0.5, 0.6) is 11.5 Å². The van der Waals surface area contributed by atoms with E-state index in [1.165, 1.54) is 36.4 Å². The lowest BCUT2D eigenvalue weighted by atomic mass is 10.2. The van der Waals surface area contributed by atoms with E-state index < -0.39 is 0 Å². The molecule has 0 N–H and O–H groups in total. The molecule has 0 bridgehead atoms. The third-order valence-corrected chi connectivity index (χ3v) is 7.47. The van der Waals surface area contributed by atoms with Crippen molar-refractivity contribution in [3.63, 3.8) is 0 Å². The normalized spacial score (nSPS) is 15.3. The molecule has 4 nitrogen and oxygen atoms in total. The minimum Gasteiger partial charge on any atom is -0.497 e. The fourth-order valence-corrected chi connectivity index (χ4v) is 5.69. The van der Waals surface area contributed by atoms with Gasteiger partial charge < -0.3 is 14.4 Å². The Labute approximate surface area is 180 Å². The Morgan fingerprint density at radius 1 is 1.10 bits per heavy atom. The minimum atomic E-state index is 0.893. The highest BCUT2D eigenvalue weighted by molar-refractivity contribution is 8.03. The summed E-state index contributed by atoms with van der Waals surface area (Å²) in [6.07, 6.45) is 5.55. The van der Waals surface area contributed by atoms with Crippen LogP contribution in [0.15, 0.2) is 58.0 Å². The van der Waals surface area contributed by atoms with E-state index in [0.717, 1.165) is 17.9 Å². The van der Waals surface area contributed by atoms with Crippen molar-refractivity contribution >= 4 is 45.1 Å². The van der Waals surface area contributed by atoms with Crippen molar-refractivity contribution < 1.29 is 14.0 Å². The smallest absolute Gasteiger partial charge is 0.262 e. The third kappa shape index (κ3) is 3.74. The molecule has 3 aromatic rings. The molecule has 29 heavy (non-hydrogen) atoms. The monoisotopic (exact) mass is 425 g/mol. The molecule has 0 amide bonds. The summed E-state index contributed by atoms with van der Waals surface area (Å²) >= 11 is 3.58. The van der Waals surface area contributed by atoms with E-state index in [9.17, 15) is 0 Å². The second kappa shape index (κ2) is 8.13. The van der Waals surface area contributed by atoms with Gasteiger partial charge in [0, 0.05) is 30.2 Å². The average Bonchev–Trinajstić information content (AvgIpc) is 3.22. The summed E-state index contributed by atoms with van der Waals surface area (Å²) in [5.74, 6) is 1.79. The van der Waals surface area contributed by atoms with E-state index >= 15 is 0 Å². The largest absolute Gasteiger partial charge is 0.497 e. The summed E-state index contributed by atoms with van der Waals surface area (Å²) in [5.41, 5.74) is 3.74. The van der Waals surface area contributed by atoms with Gasteiger partial charge in [0.2, 0.25) is 5.52 Å². The lowest BCUT2D eigenvalue weighted by Crippen LogP contribution is -2.28. The van der Waals surface area contributed by atoms with Crippen molar-refractivity contribution in [3.8, 4) is 11.5 Å². The summed E-state index contributed by atoms with van der Waals surface area (Å²) in [5, 5.41) is 2.46. The Hall–Kier alpha value is -2.44. The molecule has 0 aliphatic carbocycles. The number of anilines is 1. The molecule has 6 heteroatoms. The van der Waals surface area contributed by atoms with Crippen LogP contribution >= 0.6 is 23.1 Å². The summed E-state index contributed by atoms with van der Waals surface area (Å²) in [6, 6.07) is 12.5. The number of rotatable bonds is 5. The van der Waals surface area contributed by atoms with Gasteiger partial charge in [0.1, 0.15) is 23.2 Å². The maximum absolute atomic E-state index is 5.38. The van der Waals surface area contributed by atoms with Crippen molar-refractivity contribution in [2.45, 2.75) is 18.2 Å². The predicted molar refractivity (Wildman–Crippen MR) is 123 cm³/mol. The SMILES string of the molecule is CCC(=C\c1sc2cc(OC)ccc2[n+]1C)/C=C1/Sc2cc(OC)ccc2N1C.